The van der Waals surface area contributed by atoms with Crippen molar-refractivity contribution in [2.45, 2.75) is 26.7 Å². The number of nitrogens with two attached hydrogens (primary N) is 1. The minimum absolute atomic E-state index is 0.00358. The highest BCUT2D eigenvalue weighted by Gasteiger charge is 2.08. The Morgan fingerprint density at radius 3 is 2.83 bits per heavy atom. The Labute approximate surface area is 116 Å². The number of amides is 1. The van der Waals surface area contributed by atoms with Crippen molar-refractivity contribution in [3.63, 3.8) is 0 Å². The molecule has 0 heterocycles. The van der Waals surface area contributed by atoms with E-state index in [2.05, 4.69) is 28.2 Å². The molecule has 0 atom stereocenters. The van der Waals surface area contributed by atoms with Crippen LogP contribution in [0.15, 0.2) is 16.6 Å². The van der Waals surface area contributed by atoms with Gasteiger partial charge in [0, 0.05) is 11.0 Å². The number of hydrogen-bond acceptors (Lipinski definition) is 3. The van der Waals surface area contributed by atoms with E-state index in [-0.39, 0.29) is 12.5 Å². The van der Waals surface area contributed by atoms with Gasteiger partial charge in [0.15, 0.2) is 6.61 Å². The summed E-state index contributed by atoms with van der Waals surface area (Å²) in [5, 5.41) is 2.79. The number of ether oxygens (including phenoxy) is 1. The van der Waals surface area contributed by atoms with Crippen LogP contribution < -0.4 is 15.8 Å². The average molecular weight is 315 g/mol. The third-order valence-electron chi connectivity index (χ3n) is 2.47. The van der Waals surface area contributed by atoms with E-state index >= 15 is 0 Å². The summed E-state index contributed by atoms with van der Waals surface area (Å²) in [4.78, 5) is 11.5. The largest absolute Gasteiger partial charge is 0.481 e. The van der Waals surface area contributed by atoms with Crippen molar-refractivity contribution in [3.8, 4) is 5.75 Å². The van der Waals surface area contributed by atoms with Crippen molar-refractivity contribution in [2.75, 3.05) is 18.9 Å². The van der Waals surface area contributed by atoms with Gasteiger partial charge in [-0.3, -0.25) is 4.79 Å². The molecule has 0 aliphatic carbocycles. The Kier molecular flexibility index (Phi) is 5.98. The van der Waals surface area contributed by atoms with Crippen molar-refractivity contribution in [2.24, 2.45) is 0 Å². The SMILES string of the molecule is CCCCNC(=O)COc1c(C)cc(Br)cc1N. The van der Waals surface area contributed by atoms with Crippen LogP contribution in [0.25, 0.3) is 0 Å². The third kappa shape index (κ3) is 4.56. The van der Waals surface area contributed by atoms with Gasteiger partial charge in [-0.25, -0.2) is 0 Å². The molecule has 4 nitrogen and oxygen atoms in total. The number of benzene rings is 1. The molecule has 0 radical (unpaired) electrons. The molecule has 0 aromatic heterocycles. The van der Waals surface area contributed by atoms with Gasteiger partial charge in [-0.2, -0.15) is 0 Å². The fourth-order valence-electron chi connectivity index (χ4n) is 1.55. The molecule has 0 saturated heterocycles. The van der Waals surface area contributed by atoms with E-state index in [4.69, 9.17) is 10.5 Å². The fourth-order valence-corrected chi connectivity index (χ4v) is 2.14. The molecule has 1 amide bonds. The van der Waals surface area contributed by atoms with Crippen LogP contribution in [0.5, 0.6) is 5.75 Å². The minimum Gasteiger partial charge on any atom is -0.481 e. The Hall–Kier alpha value is -1.23. The van der Waals surface area contributed by atoms with E-state index in [0.717, 1.165) is 22.9 Å². The summed E-state index contributed by atoms with van der Waals surface area (Å²) in [7, 11) is 0. The van der Waals surface area contributed by atoms with Gasteiger partial charge in [0.2, 0.25) is 0 Å². The standard InChI is InChI=1S/C13H19BrN2O2/c1-3-4-5-16-12(17)8-18-13-9(2)6-10(14)7-11(13)15/h6-7H,3-5,8,15H2,1-2H3,(H,16,17). The van der Waals surface area contributed by atoms with Crippen LogP contribution in [-0.2, 0) is 4.79 Å². The fraction of sp³-hybridized carbons (Fsp3) is 0.462. The van der Waals surface area contributed by atoms with Gasteiger partial charge in [-0.1, -0.05) is 29.3 Å². The highest BCUT2D eigenvalue weighted by molar-refractivity contribution is 9.10. The topological polar surface area (TPSA) is 64.3 Å². The molecule has 0 aliphatic heterocycles. The predicted molar refractivity (Wildman–Crippen MR) is 76.7 cm³/mol. The Morgan fingerprint density at radius 1 is 1.50 bits per heavy atom. The molecule has 18 heavy (non-hydrogen) atoms. The van der Waals surface area contributed by atoms with E-state index in [1.165, 1.54) is 0 Å². The van der Waals surface area contributed by atoms with Crippen LogP contribution in [0, 0.1) is 6.92 Å². The van der Waals surface area contributed by atoms with Crippen LogP contribution in [0.4, 0.5) is 5.69 Å². The first-order chi connectivity index (χ1) is 8.54. The molecule has 0 saturated carbocycles. The Balaban J connectivity index is 2.51. The molecule has 5 heteroatoms. The maximum Gasteiger partial charge on any atom is 0.257 e. The highest BCUT2D eigenvalue weighted by atomic mass is 79.9. The molecule has 1 aromatic rings. The van der Waals surface area contributed by atoms with Gasteiger partial charge in [0.1, 0.15) is 5.75 Å². The number of unbranched alkanes of at least 4 members (excludes halogenated alkanes) is 1. The minimum atomic E-state index is -0.120. The lowest BCUT2D eigenvalue weighted by molar-refractivity contribution is -0.123. The van der Waals surface area contributed by atoms with Gasteiger partial charge >= 0.3 is 0 Å². The molecule has 3 N–H and O–H groups in total. The number of anilines is 1. The predicted octanol–water partition coefficient (Wildman–Crippen LogP) is 2.63. The summed E-state index contributed by atoms with van der Waals surface area (Å²) in [6, 6.07) is 3.66. The van der Waals surface area contributed by atoms with Gasteiger partial charge in [0.25, 0.3) is 5.91 Å². The van der Waals surface area contributed by atoms with Gasteiger partial charge in [-0.05, 0) is 31.0 Å². The molecule has 1 aromatic carbocycles. The van der Waals surface area contributed by atoms with Crippen LogP contribution in [0.2, 0.25) is 0 Å². The quantitative estimate of drug-likeness (QED) is 0.626. The molecule has 0 fully saturated rings. The second-order valence-electron chi connectivity index (χ2n) is 4.13. The third-order valence-corrected chi connectivity index (χ3v) is 2.93. The van der Waals surface area contributed by atoms with Crippen LogP contribution in [0.3, 0.4) is 0 Å². The molecular weight excluding hydrogens is 296 g/mol. The van der Waals surface area contributed by atoms with Crippen molar-refractivity contribution in [3.05, 3.63) is 22.2 Å². The summed E-state index contributed by atoms with van der Waals surface area (Å²) in [5.74, 6) is 0.453. The molecule has 0 unspecified atom stereocenters. The van der Waals surface area contributed by atoms with E-state index < -0.39 is 0 Å². The van der Waals surface area contributed by atoms with E-state index in [0.29, 0.717) is 18.0 Å². The van der Waals surface area contributed by atoms with Gasteiger partial charge in [0.05, 0.1) is 5.69 Å². The lowest BCUT2D eigenvalue weighted by atomic mass is 10.2. The van der Waals surface area contributed by atoms with Crippen LogP contribution >= 0.6 is 15.9 Å². The zero-order chi connectivity index (χ0) is 13.5. The molecule has 0 spiro atoms. The number of carbonyl (C=O) groups excluding carboxylic acids is 1. The zero-order valence-electron chi connectivity index (χ0n) is 10.8. The normalized spacial score (nSPS) is 10.2. The summed E-state index contributed by atoms with van der Waals surface area (Å²) in [6.07, 6.45) is 2.03. The Morgan fingerprint density at radius 2 is 2.22 bits per heavy atom. The van der Waals surface area contributed by atoms with Crippen molar-refractivity contribution in [1.29, 1.82) is 0 Å². The zero-order valence-corrected chi connectivity index (χ0v) is 12.3. The number of halogens is 1. The lowest BCUT2D eigenvalue weighted by Gasteiger charge is -2.12. The van der Waals surface area contributed by atoms with Crippen LogP contribution in [-0.4, -0.2) is 19.1 Å². The molecular formula is C13H19BrN2O2. The summed E-state index contributed by atoms with van der Waals surface area (Å²) in [5.41, 5.74) is 7.28. The number of nitrogens with one attached hydrogen (secondary N) is 1. The maximum atomic E-state index is 11.5. The molecule has 0 aliphatic rings. The summed E-state index contributed by atoms with van der Waals surface area (Å²) in [6.45, 7) is 4.66. The average Bonchev–Trinajstić information content (AvgIpc) is 2.27. The van der Waals surface area contributed by atoms with Crippen molar-refractivity contribution < 1.29 is 9.53 Å². The number of rotatable bonds is 6. The molecule has 0 bridgehead atoms. The number of hydrogen-bond donors (Lipinski definition) is 2. The second-order valence-corrected chi connectivity index (χ2v) is 5.05. The number of nitrogen functional groups attached to an aromatic ring is 1. The first-order valence-electron chi connectivity index (χ1n) is 5.99. The Bertz CT molecular complexity index is 398. The van der Waals surface area contributed by atoms with Gasteiger partial charge in [-0.15, -0.1) is 0 Å². The second kappa shape index (κ2) is 7.26. The first kappa shape index (κ1) is 14.8. The summed E-state index contributed by atoms with van der Waals surface area (Å²) < 4.78 is 6.36. The number of carbonyl (C=O) groups is 1. The summed E-state index contributed by atoms with van der Waals surface area (Å²) >= 11 is 3.35. The van der Waals surface area contributed by atoms with Crippen molar-refractivity contribution in [1.82, 2.24) is 5.32 Å². The first-order valence-corrected chi connectivity index (χ1v) is 6.79. The van der Waals surface area contributed by atoms with Gasteiger partial charge < -0.3 is 15.8 Å². The smallest absolute Gasteiger partial charge is 0.257 e. The lowest BCUT2D eigenvalue weighted by Crippen LogP contribution is -2.29. The maximum absolute atomic E-state index is 11.5. The van der Waals surface area contributed by atoms with E-state index in [1.54, 1.807) is 6.07 Å². The van der Waals surface area contributed by atoms with Crippen molar-refractivity contribution >= 4 is 27.5 Å². The van der Waals surface area contributed by atoms with Crippen LogP contribution in [0.1, 0.15) is 25.3 Å². The monoisotopic (exact) mass is 314 g/mol. The number of aryl methyl sites for hydroxylation is 1. The molecule has 1 rings (SSSR count). The highest BCUT2D eigenvalue weighted by Crippen LogP contribution is 2.29. The van der Waals surface area contributed by atoms with E-state index in [9.17, 15) is 4.79 Å². The van der Waals surface area contributed by atoms with E-state index in [1.807, 2.05) is 13.0 Å². The molecule has 100 valence electrons.